The van der Waals surface area contributed by atoms with Crippen molar-refractivity contribution in [3.8, 4) is 0 Å². The minimum Gasteiger partial charge on any atom is -0.402 e. The van der Waals surface area contributed by atoms with Crippen molar-refractivity contribution in [2.24, 2.45) is 4.99 Å². The fraction of sp³-hybridized carbons (Fsp3) is 0.154. The predicted octanol–water partition coefficient (Wildman–Crippen LogP) is 5.10. The molecule has 0 aromatic heterocycles. The molecule has 0 unspecified atom stereocenters. The summed E-state index contributed by atoms with van der Waals surface area (Å²) in [5.41, 5.74) is 4.53. The van der Waals surface area contributed by atoms with Gasteiger partial charge in [-0.2, -0.15) is 0 Å². The normalized spacial score (nSPS) is 14.5. The number of nitrogens with zero attached hydrogens (tertiary/aromatic N) is 2. The van der Waals surface area contributed by atoms with Crippen molar-refractivity contribution in [1.29, 1.82) is 0 Å². The van der Waals surface area contributed by atoms with Gasteiger partial charge in [-0.15, -0.1) is 0 Å². The second kappa shape index (κ2) is 9.23. The summed E-state index contributed by atoms with van der Waals surface area (Å²) in [5.74, 6) is -0.0717. The fourth-order valence-electron chi connectivity index (χ4n) is 3.43. The number of anilines is 1. The molecule has 1 heterocycles. The highest BCUT2D eigenvalue weighted by atomic mass is 16.6. The number of hydrogen-bond donors (Lipinski definition) is 0. The van der Waals surface area contributed by atoms with E-state index in [9.17, 15) is 4.79 Å². The van der Waals surface area contributed by atoms with E-state index in [1.807, 2.05) is 48.5 Å². The minimum atomic E-state index is -0.420. The van der Waals surface area contributed by atoms with Gasteiger partial charge in [-0.1, -0.05) is 60.7 Å². The van der Waals surface area contributed by atoms with E-state index in [0.29, 0.717) is 11.6 Å². The van der Waals surface area contributed by atoms with Gasteiger partial charge in [-0.05, 0) is 54.8 Å². The van der Waals surface area contributed by atoms with E-state index in [0.717, 1.165) is 36.3 Å². The van der Waals surface area contributed by atoms with Gasteiger partial charge < -0.3 is 9.64 Å². The maximum atomic E-state index is 12.2. The van der Waals surface area contributed by atoms with E-state index in [1.165, 1.54) is 5.56 Å². The molecule has 30 heavy (non-hydrogen) atoms. The summed E-state index contributed by atoms with van der Waals surface area (Å²) in [6, 6.07) is 28.2. The first-order chi connectivity index (χ1) is 14.7. The summed E-state index contributed by atoms with van der Waals surface area (Å²) < 4.78 is 5.32. The summed E-state index contributed by atoms with van der Waals surface area (Å²) in [7, 11) is 0. The van der Waals surface area contributed by atoms with Crippen LogP contribution in [-0.2, 0) is 16.0 Å². The van der Waals surface area contributed by atoms with Crippen molar-refractivity contribution in [3.63, 3.8) is 0 Å². The van der Waals surface area contributed by atoms with E-state index in [4.69, 9.17) is 4.74 Å². The van der Waals surface area contributed by atoms with Gasteiger partial charge in [-0.25, -0.2) is 9.79 Å². The summed E-state index contributed by atoms with van der Waals surface area (Å²) in [5, 5.41) is 0. The van der Waals surface area contributed by atoms with Crippen LogP contribution in [0.4, 0.5) is 5.69 Å². The van der Waals surface area contributed by atoms with Crippen molar-refractivity contribution in [1.82, 2.24) is 0 Å². The molecule has 3 aromatic carbocycles. The van der Waals surface area contributed by atoms with Gasteiger partial charge in [-0.3, -0.25) is 0 Å². The molecule has 1 aliphatic heterocycles. The Balaban J connectivity index is 1.46. The number of carbonyl (C=O) groups excluding carboxylic acids is 1. The van der Waals surface area contributed by atoms with Crippen molar-refractivity contribution < 1.29 is 9.53 Å². The lowest BCUT2D eigenvalue weighted by molar-refractivity contribution is -0.129. The highest BCUT2D eigenvalue weighted by molar-refractivity contribution is 6.12. The van der Waals surface area contributed by atoms with E-state index in [-0.39, 0.29) is 0 Å². The number of aliphatic imine (C=N–C) groups is 1. The summed E-state index contributed by atoms with van der Waals surface area (Å²) in [4.78, 5) is 18.9. The minimum absolute atomic E-state index is 0.318. The predicted molar refractivity (Wildman–Crippen MR) is 122 cm³/mol. The first-order valence-corrected chi connectivity index (χ1v) is 10.2. The molecule has 0 saturated heterocycles. The van der Waals surface area contributed by atoms with E-state index in [2.05, 4.69) is 53.2 Å². The molecule has 3 aromatic rings. The zero-order valence-corrected chi connectivity index (χ0v) is 17.0. The second-order valence-electron chi connectivity index (χ2n) is 7.11. The zero-order valence-electron chi connectivity index (χ0n) is 17.0. The molecule has 0 spiro atoms. The van der Waals surface area contributed by atoms with Crippen LogP contribution in [0.1, 0.15) is 23.6 Å². The lowest BCUT2D eigenvalue weighted by Crippen LogP contribution is -2.25. The van der Waals surface area contributed by atoms with Crippen LogP contribution in [0.15, 0.2) is 95.6 Å². The Hall–Kier alpha value is -3.66. The van der Waals surface area contributed by atoms with Crippen LogP contribution in [0.5, 0.6) is 0 Å². The molecule has 4 nitrogen and oxygen atoms in total. The molecule has 0 saturated carbocycles. The Morgan fingerprint density at radius 2 is 1.57 bits per heavy atom. The number of carbonyl (C=O) groups is 1. The van der Waals surface area contributed by atoms with Crippen LogP contribution >= 0.6 is 0 Å². The molecular formula is C26H24N2O2. The molecule has 0 N–H and O–H groups in total. The van der Waals surface area contributed by atoms with Crippen LogP contribution in [-0.4, -0.2) is 25.0 Å². The molecular weight excluding hydrogens is 372 g/mol. The molecule has 0 fully saturated rings. The third kappa shape index (κ3) is 4.66. The van der Waals surface area contributed by atoms with Crippen LogP contribution in [0.3, 0.4) is 0 Å². The number of ether oxygens (including phenoxy) is 1. The number of benzene rings is 3. The van der Waals surface area contributed by atoms with Gasteiger partial charge in [0.15, 0.2) is 5.70 Å². The molecule has 0 aliphatic carbocycles. The van der Waals surface area contributed by atoms with Crippen molar-refractivity contribution in [2.75, 3.05) is 18.0 Å². The van der Waals surface area contributed by atoms with Crippen molar-refractivity contribution in [2.45, 2.75) is 13.3 Å². The van der Waals surface area contributed by atoms with E-state index in [1.54, 1.807) is 6.08 Å². The largest absolute Gasteiger partial charge is 0.402 e. The quantitative estimate of drug-likeness (QED) is 0.412. The van der Waals surface area contributed by atoms with Gasteiger partial charge in [0.2, 0.25) is 5.90 Å². The van der Waals surface area contributed by atoms with Gasteiger partial charge in [0.25, 0.3) is 0 Å². The maximum Gasteiger partial charge on any atom is 0.363 e. The van der Waals surface area contributed by atoms with E-state index < -0.39 is 5.97 Å². The molecule has 1 aliphatic rings. The Bertz CT molecular complexity index is 1060. The topological polar surface area (TPSA) is 41.9 Å². The average molecular weight is 396 g/mol. The number of hydrogen-bond acceptors (Lipinski definition) is 4. The molecule has 0 atom stereocenters. The van der Waals surface area contributed by atoms with Gasteiger partial charge in [0.05, 0.1) is 0 Å². The zero-order chi connectivity index (χ0) is 20.8. The molecule has 0 bridgehead atoms. The Morgan fingerprint density at radius 3 is 2.23 bits per heavy atom. The molecule has 0 radical (unpaired) electrons. The highest BCUT2D eigenvalue weighted by Crippen LogP contribution is 2.21. The number of rotatable bonds is 7. The van der Waals surface area contributed by atoms with Crippen molar-refractivity contribution in [3.05, 3.63) is 107 Å². The lowest BCUT2D eigenvalue weighted by atomic mass is 10.1. The van der Waals surface area contributed by atoms with Gasteiger partial charge >= 0.3 is 5.97 Å². The third-order valence-corrected chi connectivity index (χ3v) is 5.10. The molecule has 4 heteroatoms. The fourth-order valence-corrected chi connectivity index (χ4v) is 3.43. The third-order valence-electron chi connectivity index (χ3n) is 5.10. The van der Waals surface area contributed by atoms with Crippen LogP contribution in [0.2, 0.25) is 0 Å². The van der Waals surface area contributed by atoms with Crippen LogP contribution < -0.4 is 4.90 Å². The second-order valence-corrected chi connectivity index (χ2v) is 7.11. The first kappa shape index (κ1) is 19.6. The van der Waals surface area contributed by atoms with Crippen molar-refractivity contribution >= 4 is 23.6 Å². The molecule has 150 valence electrons. The van der Waals surface area contributed by atoms with E-state index >= 15 is 0 Å². The van der Waals surface area contributed by atoms with Crippen LogP contribution in [0.25, 0.3) is 6.08 Å². The maximum absolute atomic E-state index is 12.2. The summed E-state index contributed by atoms with van der Waals surface area (Å²) >= 11 is 0. The van der Waals surface area contributed by atoms with Gasteiger partial charge in [0, 0.05) is 24.3 Å². The highest BCUT2D eigenvalue weighted by Gasteiger charge is 2.23. The number of cyclic esters (lactones) is 1. The Kier molecular flexibility index (Phi) is 6.04. The Morgan fingerprint density at radius 1 is 0.900 bits per heavy atom. The SMILES string of the molecule is CCN(CCc1ccccc1)c1ccc(C=C2N=C(c3ccccc3)OC2=O)cc1. The first-order valence-electron chi connectivity index (χ1n) is 10.2. The van der Waals surface area contributed by atoms with Gasteiger partial charge in [0.1, 0.15) is 0 Å². The molecule has 4 rings (SSSR count). The van der Waals surface area contributed by atoms with Crippen LogP contribution in [0, 0.1) is 0 Å². The number of likely N-dealkylation sites (N-methyl/N-ethyl adjacent to an activating group) is 1. The smallest absolute Gasteiger partial charge is 0.363 e. The average Bonchev–Trinajstić information content (AvgIpc) is 3.17. The monoisotopic (exact) mass is 396 g/mol. The summed E-state index contributed by atoms with van der Waals surface area (Å²) in [6.45, 7) is 4.05. The lowest BCUT2D eigenvalue weighted by Gasteiger charge is -2.23. The standard InChI is InChI=1S/C26H24N2O2/c1-2-28(18-17-20-9-5-3-6-10-20)23-15-13-21(14-16-23)19-24-26(29)30-25(27-24)22-11-7-4-8-12-22/h3-16,19H,2,17-18H2,1H3. The number of esters is 1. The molecule has 0 amide bonds. The summed E-state index contributed by atoms with van der Waals surface area (Å²) in [6.07, 6.45) is 2.77. The Labute approximate surface area is 177 Å².